The summed E-state index contributed by atoms with van der Waals surface area (Å²) in [5, 5.41) is 2.90. The summed E-state index contributed by atoms with van der Waals surface area (Å²) in [5.41, 5.74) is 2.23. The number of benzene rings is 2. The highest BCUT2D eigenvalue weighted by Gasteiger charge is 2.09. The molecular formula is C23H22N6O2. The largest absolute Gasteiger partial charge is 0.439 e. The summed E-state index contributed by atoms with van der Waals surface area (Å²) >= 11 is 0. The van der Waals surface area contributed by atoms with Gasteiger partial charge in [-0.3, -0.25) is 9.36 Å². The molecule has 8 nitrogen and oxygen atoms in total. The molecule has 1 N–H and O–H groups in total. The molecule has 4 aromatic rings. The van der Waals surface area contributed by atoms with Gasteiger partial charge in [-0.15, -0.1) is 0 Å². The van der Waals surface area contributed by atoms with Gasteiger partial charge in [-0.25, -0.2) is 9.97 Å². The number of nitrogens with one attached hydrogen (secondary N) is 1. The molecule has 0 saturated heterocycles. The smallest absolute Gasteiger partial charge is 0.255 e. The maximum atomic E-state index is 12.6. The Morgan fingerprint density at radius 3 is 2.58 bits per heavy atom. The number of aromatic nitrogens is 4. The summed E-state index contributed by atoms with van der Waals surface area (Å²) in [6.45, 7) is 1.80. The Bertz CT molecular complexity index is 1190. The molecule has 2 heterocycles. The lowest BCUT2D eigenvalue weighted by molar-refractivity contribution is 0.102. The molecule has 0 saturated carbocycles. The SMILES string of the molecule is Cc1nc(Oc2ccc(NC(=O)c3cccc(N(C)C)c3)cc2)cc(-n2ccnc2)n1. The topological polar surface area (TPSA) is 85.2 Å². The van der Waals surface area contributed by atoms with E-state index in [4.69, 9.17) is 4.74 Å². The number of amides is 1. The second kappa shape index (κ2) is 8.66. The van der Waals surface area contributed by atoms with E-state index < -0.39 is 0 Å². The maximum Gasteiger partial charge on any atom is 0.255 e. The number of ether oxygens (including phenoxy) is 1. The van der Waals surface area contributed by atoms with Crippen molar-refractivity contribution in [3.63, 3.8) is 0 Å². The third kappa shape index (κ3) is 4.87. The monoisotopic (exact) mass is 414 g/mol. The average molecular weight is 414 g/mol. The van der Waals surface area contributed by atoms with Crippen LogP contribution in [0.15, 0.2) is 73.3 Å². The Morgan fingerprint density at radius 1 is 1.06 bits per heavy atom. The number of carbonyl (C=O) groups excluding carboxylic acids is 1. The number of hydrogen-bond acceptors (Lipinski definition) is 6. The standard InChI is InChI=1S/C23H22N6O2/c1-16-25-21(29-12-11-24-15-29)14-22(26-16)31-20-9-7-18(8-10-20)27-23(30)17-5-4-6-19(13-17)28(2)3/h4-15H,1-3H3,(H,27,30). The minimum absolute atomic E-state index is 0.172. The fourth-order valence-electron chi connectivity index (χ4n) is 2.96. The Kier molecular flexibility index (Phi) is 5.61. The van der Waals surface area contributed by atoms with E-state index in [-0.39, 0.29) is 5.91 Å². The highest BCUT2D eigenvalue weighted by Crippen LogP contribution is 2.23. The molecule has 8 heteroatoms. The number of carbonyl (C=O) groups is 1. The van der Waals surface area contributed by atoms with Crippen LogP contribution in [0.5, 0.6) is 11.6 Å². The molecule has 0 aliphatic heterocycles. The fraction of sp³-hybridized carbons (Fsp3) is 0.130. The van der Waals surface area contributed by atoms with Crippen LogP contribution in [0.4, 0.5) is 11.4 Å². The van der Waals surface area contributed by atoms with E-state index in [9.17, 15) is 4.79 Å². The summed E-state index contributed by atoms with van der Waals surface area (Å²) in [6, 6.07) is 16.3. The predicted octanol–water partition coefficient (Wildman–Crippen LogP) is 4.08. The van der Waals surface area contributed by atoms with Crippen molar-refractivity contribution in [1.29, 1.82) is 0 Å². The maximum absolute atomic E-state index is 12.6. The first-order valence-corrected chi connectivity index (χ1v) is 9.68. The van der Waals surface area contributed by atoms with Crippen molar-refractivity contribution in [3.8, 4) is 17.4 Å². The zero-order valence-electron chi connectivity index (χ0n) is 17.5. The van der Waals surface area contributed by atoms with Crippen LogP contribution in [0.3, 0.4) is 0 Å². The second-order valence-electron chi connectivity index (χ2n) is 7.11. The van der Waals surface area contributed by atoms with E-state index in [0.29, 0.717) is 34.5 Å². The Labute approximate surface area is 180 Å². The minimum Gasteiger partial charge on any atom is -0.439 e. The quantitative estimate of drug-likeness (QED) is 0.512. The molecule has 2 aromatic heterocycles. The number of rotatable bonds is 6. The normalized spacial score (nSPS) is 10.5. The van der Waals surface area contributed by atoms with Crippen molar-refractivity contribution in [2.45, 2.75) is 6.92 Å². The third-order valence-corrected chi connectivity index (χ3v) is 4.53. The molecule has 0 aliphatic carbocycles. The van der Waals surface area contributed by atoms with E-state index in [2.05, 4.69) is 20.3 Å². The number of aryl methyl sites for hydroxylation is 1. The van der Waals surface area contributed by atoms with Crippen LogP contribution < -0.4 is 15.0 Å². The first-order valence-electron chi connectivity index (χ1n) is 9.68. The van der Waals surface area contributed by atoms with Gasteiger partial charge in [0.15, 0.2) is 0 Å². The Balaban J connectivity index is 1.45. The van der Waals surface area contributed by atoms with Crippen LogP contribution in [0.2, 0.25) is 0 Å². The third-order valence-electron chi connectivity index (χ3n) is 4.53. The van der Waals surface area contributed by atoms with E-state index in [1.807, 2.05) is 37.2 Å². The first kappa shape index (κ1) is 20.1. The van der Waals surface area contributed by atoms with Crippen molar-refractivity contribution in [1.82, 2.24) is 19.5 Å². The summed E-state index contributed by atoms with van der Waals surface area (Å²) in [4.78, 5) is 27.3. The van der Waals surface area contributed by atoms with Gasteiger partial charge in [-0.1, -0.05) is 6.07 Å². The van der Waals surface area contributed by atoms with Crippen LogP contribution in [-0.4, -0.2) is 39.5 Å². The van der Waals surface area contributed by atoms with Crippen molar-refractivity contribution >= 4 is 17.3 Å². The van der Waals surface area contributed by atoms with Gasteiger partial charge in [0.05, 0.1) is 0 Å². The van der Waals surface area contributed by atoms with Crippen molar-refractivity contribution in [2.75, 3.05) is 24.3 Å². The first-order chi connectivity index (χ1) is 15.0. The molecule has 2 aromatic carbocycles. The lowest BCUT2D eigenvalue weighted by atomic mass is 10.1. The van der Waals surface area contributed by atoms with Gasteiger partial charge in [0.25, 0.3) is 5.91 Å². The molecule has 31 heavy (non-hydrogen) atoms. The average Bonchev–Trinajstić information content (AvgIpc) is 3.30. The van der Waals surface area contributed by atoms with Crippen LogP contribution in [0.25, 0.3) is 5.82 Å². The number of imidazole rings is 1. The fourth-order valence-corrected chi connectivity index (χ4v) is 2.96. The molecular weight excluding hydrogens is 392 g/mol. The highest BCUT2D eigenvalue weighted by atomic mass is 16.5. The van der Waals surface area contributed by atoms with E-state index in [0.717, 1.165) is 5.69 Å². The van der Waals surface area contributed by atoms with Crippen molar-refractivity contribution < 1.29 is 9.53 Å². The molecule has 156 valence electrons. The zero-order chi connectivity index (χ0) is 21.8. The van der Waals surface area contributed by atoms with Gasteiger partial charge in [0.2, 0.25) is 5.88 Å². The Hall–Kier alpha value is -4.20. The van der Waals surface area contributed by atoms with Gasteiger partial charge < -0.3 is 15.0 Å². The molecule has 1 amide bonds. The van der Waals surface area contributed by atoms with Crippen LogP contribution >= 0.6 is 0 Å². The lowest BCUT2D eigenvalue weighted by Crippen LogP contribution is -2.14. The highest BCUT2D eigenvalue weighted by molar-refractivity contribution is 6.04. The number of anilines is 2. The van der Waals surface area contributed by atoms with Gasteiger partial charge >= 0.3 is 0 Å². The van der Waals surface area contributed by atoms with Gasteiger partial charge in [0.1, 0.15) is 23.7 Å². The van der Waals surface area contributed by atoms with E-state index in [1.165, 1.54) is 0 Å². The molecule has 0 aliphatic rings. The summed E-state index contributed by atoms with van der Waals surface area (Å²) in [5.74, 6) is 2.11. The van der Waals surface area contributed by atoms with Crippen LogP contribution in [-0.2, 0) is 0 Å². The summed E-state index contributed by atoms with van der Waals surface area (Å²) in [6.07, 6.45) is 5.15. The lowest BCUT2D eigenvalue weighted by Gasteiger charge is -2.13. The van der Waals surface area contributed by atoms with Crippen LogP contribution in [0, 0.1) is 6.92 Å². The summed E-state index contributed by atoms with van der Waals surface area (Å²) < 4.78 is 7.66. The molecule has 0 fully saturated rings. The Morgan fingerprint density at radius 2 is 1.87 bits per heavy atom. The summed E-state index contributed by atoms with van der Waals surface area (Å²) in [7, 11) is 3.88. The van der Waals surface area contributed by atoms with Crippen LogP contribution in [0.1, 0.15) is 16.2 Å². The molecule has 0 unspecified atom stereocenters. The van der Waals surface area contributed by atoms with Gasteiger partial charge in [0, 0.05) is 49.5 Å². The molecule has 0 bridgehead atoms. The zero-order valence-corrected chi connectivity index (χ0v) is 17.5. The second-order valence-corrected chi connectivity index (χ2v) is 7.11. The minimum atomic E-state index is -0.172. The van der Waals surface area contributed by atoms with E-state index >= 15 is 0 Å². The molecule has 4 rings (SSSR count). The van der Waals surface area contributed by atoms with Gasteiger partial charge in [-0.2, -0.15) is 4.98 Å². The molecule has 0 radical (unpaired) electrons. The van der Waals surface area contributed by atoms with E-state index in [1.54, 1.807) is 66.6 Å². The number of hydrogen-bond donors (Lipinski definition) is 1. The number of nitrogens with zero attached hydrogens (tertiary/aromatic N) is 5. The predicted molar refractivity (Wildman–Crippen MR) is 119 cm³/mol. The van der Waals surface area contributed by atoms with Gasteiger partial charge in [-0.05, 0) is 49.4 Å². The van der Waals surface area contributed by atoms with Crippen molar-refractivity contribution in [2.24, 2.45) is 0 Å². The molecule has 0 atom stereocenters. The molecule has 0 spiro atoms. The van der Waals surface area contributed by atoms with Crippen molar-refractivity contribution in [3.05, 3.63) is 84.7 Å².